The molecule has 0 spiro atoms. The molecule has 0 amide bonds. The minimum absolute atomic E-state index is 0.123. The van der Waals surface area contributed by atoms with Crippen LogP contribution in [-0.2, 0) is 4.74 Å². The van der Waals surface area contributed by atoms with Crippen LogP contribution in [0, 0.1) is 5.82 Å². The van der Waals surface area contributed by atoms with Crippen LogP contribution >= 0.6 is 0 Å². The summed E-state index contributed by atoms with van der Waals surface area (Å²) in [5, 5.41) is 9.25. The zero-order valence-corrected chi connectivity index (χ0v) is 7.40. The lowest BCUT2D eigenvalue weighted by Gasteiger charge is -2.30. The lowest BCUT2D eigenvalue weighted by molar-refractivity contribution is -0.0670. The van der Waals surface area contributed by atoms with Crippen LogP contribution in [-0.4, -0.2) is 24.5 Å². The first-order valence-corrected chi connectivity index (χ1v) is 4.01. The molecule has 0 aliphatic carbocycles. The molecule has 0 bridgehead atoms. The number of aliphatic hydroxyl groups is 1. The number of benzene rings is 1. The van der Waals surface area contributed by atoms with Crippen LogP contribution in [0.1, 0.15) is 10.4 Å². The maximum absolute atomic E-state index is 12.8. The van der Waals surface area contributed by atoms with E-state index in [4.69, 9.17) is 0 Å². The van der Waals surface area contributed by atoms with Crippen molar-refractivity contribution in [2.24, 2.45) is 0 Å². The van der Waals surface area contributed by atoms with E-state index in [1.807, 2.05) is 0 Å². The highest BCUT2D eigenvalue weighted by Gasteiger charge is 2.28. The highest BCUT2D eigenvalue weighted by Crippen LogP contribution is 2.27. The van der Waals surface area contributed by atoms with Gasteiger partial charge in [-0.1, -0.05) is 0 Å². The standard InChI is InChI=1S/C9H8FNO3/c1-11-7-3-2-5(10)4-6(7)8(12)14-9(11)13/h2-4,9,13H,1H3. The minimum Gasteiger partial charge on any atom is -0.413 e. The van der Waals surface area contributed by atoms with Crippen molar-refractivity contribution in [1.29, 1.82) is 0 Å². The Morgan fingerprint density at radius 1 is 1.57 bits per heavy atom. The summed E-state index contributed by atoms with van der Waals surface area (Å²) >= 11 is 0. The first-order chi connectivity index (χ1) is 6.59. The summed E-state index contributed by atoms with van der Waals surface area (Å²) < 4.78 is 17.4. The highest BCUT2D eigenvalue weighted by atomic mass is 19.1. The van der Waals surface area contributed by atoms with Gasteiger partial charge in [-0.15, -0.1) is 0 Å². The Balaban J connectivity index is 2.56. The summed E-state index contributed by atoms with van der Waals surface area (Å²) in [5.41, 5.74) is 0.577. The number of hydrogen-bond donors (Lipinski definition) is 1. The molecule has 1 aliphatic heterocycles. The second kappa shape index (κ2) is 2.95. The summed E-state index contributed by atoms with van der Waals surface area (Å²) in [4.78, 5) is 12.6. The van der Waals surface area contributed by atoms with Crippen molar-refractivity contribution >= 4 is 11.7 Å². The largest absolute Gasteiger partial charge is 0.413 e. The van der Waals surface area contributed by atoms with Crippen LogP contribution in [0.25, 0.3) is 0 Å². The van der Waals surface area contributed by atoms with Crippen molar-refractivity contribution < 1.29 is 19.0 Å². The molecule has 1 N–H and O–H groups in total. The lowest BCUT2D eigenvalue weighted by Crippen LogP contribution is -2.40. The number of esters is 1. The number of ether oxygens (including phenoxy) is 1. The van der Waals surface area contributed by atoms with E-state index in [0.29, 0.717) is 5.69 Å². The van der Waals surface area contributed by atoms with E-state index >= 15 is 0 Å². The number of cyclic esters (lactones) is 1. The van der Waals surface area contributed by atoms with Crippen LogP contribution in [0.2, 0.25) is 0 Å². The fourth-order valence-electron chi connectivity index (χ4n) is 1.34. The van der Waals surface area contributed by atoms with E-state index in [2.05, 4.69) is 4.74 Å². The lowest BCUT2D eigenvalue weighted by atomic mass is 10.1. The molecule has 1 unspecified atom stereocenters. The number of fused-ring (bicyclic) bond motifs is 1. The van der Waals surface area contributed by atoms with Crippen molar-refractivity contribution in [3.05, 3.63) is 29.6 Å². The van der Waals surface area contributed by atoms with Gasteiger partial charge in [0.1, 0.15) is 5.82 Å². The number of carbonyl (C=O) groups is 1. The van der Waals surface area contributed by atoms with E-state index in [9.17, 15) is 14.3 Å². The van der Waals surface area contributed by atoms with Gasteiger partial charge in [-0.3, -0.25) is 0 Å². The Kier molecular flexibility index (Phi) is 1.89. The minimum atomic E-state index is -1.31. The average molecular weight is 197 g/mol. The van der Waals surface area contributed by atoms with E-state index in [-0.39, 0.29) is 5.56 Å². The van der Waals surface area contributed by atoms with Gasteiger partial charge in [-0.2, -0.15) is 0 Å². The van der Waals surface area contributed by atoms with Crippen molar-refractivity contribution in [1.82, 2.24) is 0 Å². The van der Waals surface area contributed by atoms with E-state index in [1.165, 1.54) is 17.0 Å². The molecule has 1 atom stereocenters. The van der Waals surface area contributed by atoms with Gasteiger partial charge in [0.05, 0.1) is 11.3 Å². The number of aliphatic hydroxyl groups excluding tert-OH is 1. The Morgan fingerprint density at radius 3 is 3.00 bits per heavy atom. The van der Waals surface area contributed by atoms with Gasteiger partial charge in [0, 0.05) is 7.05 Å². The fraction of sp³-hybridized carbons (Fsp3) is 0.222. The molecule has 0 radical (unpaired) electrons. The summed E-state index contributed by atoms with van der Waals surface area (Å²) in [6.45, 7) is 0. The third-order valence-corrected chi connectivity index (χ3v) is 2.10. The molecule has 14 heavy (non-hydrogen) atoms. The SMILES string of the molecule is CN1c2ccc(F)cc2C(=O)OC1O. The summed E-state index contributed by atoms with van der Waals surface area (Å²) in [5.74, 6) is -1.23. The Labute approximate surface area is 79.5 Å². The van der Waals surface area contributed by atoms with E-state index < -0.39 is 18.2 Å². The molecule has 1 aromatic carbocycles. The fourth-order valence-corrected chi connectivity index (χ4v) is 1.34. The van der Waals surface area contributed by atoms with Gasteiger partial charge in [0.15, 0.2) is 0 Å². The van der Waals surface area contributed by atoms with Gasteiger partial charge in [0.25, 0.3) is 6.41 Å². The highest BCUT2D eigenvalue weighted by molar-refractivity contribution is 5.97. The molecule has 74 valence electrons. The van der Waals surface area contributed by atoms with Gasteiger partial charge < -0.3 is 14.7 Å². The monoisotopic (exact) mass is 197 g/mol. The topological polar surface area (TPSA) is 49.8 Å². The van der Waals surface area contributed by atoms with Crippen molar-refractivity contribution in [2.75, 3.05) is 11.9 Å². The normalized spacial score (nSPS) is 20.4. The number of halogens is 1. The Morgan fingerprint density at radius 2 is 2.29 bits per heavy atom. The maximum atomic E-state index is 12.8. The first-order valence-electron chi connectivity index (χ1n) is 4.01. The van der Waals surface area contributed by atoms with Crippen LogP contribution in [0.4, 0.5) is 10.1 Å². The molecular formula is C9H8FNO3. The molecule has 2 rings (SSSR count). The average Bonchev–Trinajstić information content (AvgIpc) is 2.14. The molecular weight excluding hydrogens is 189 g/mol. The van der Waals surface area contributed by atoms with E-state index in [1.54, 1.807) is 7.05 Å². The third kappa shape index (κ3) is 1.22. The predicted molar refractivity (Wildman–Crippen MR) is 46.2 cm³/mol. The number of anilines is 1. The maximum Gasteiger partial charge on any atom is 0.344 e. The number of nitrogens with zero attached hydrogens (tertiary/aromatic N) is 1. The molecule has 0 fully saturated rings. The molecule has 1 aromatic rings. The third-order valence-electron chi connectivity index (χ3n) is 2.10. The zero-order valence-electron chi connectivity index (χ0n) is 7.40. The predicted octanol–water partition coefficient (Wildman–Crippen LogP) is 0.708. The van der Waals surface area contributed by atoms with Crippen LogP contribution in [0.3, 0.4) is 0 Å². The molecule has 0 saturated carbocycles. The molecule has 4 nitrogen and oxygen atoms in total. The smallest absolute Gasteiger partial charge is 0.344 e. The summed E-state index contributed by atoms with van der Waals surface area (Å²) in [7, 11) is 1.55. The van der Waals surface area contributed by atoms with Gasteiger partial charge in [-0.25, -0.2) is 9.18 Å². The first kappa shape index (κ1) is 8.96. The summed E-state index contributed by atoms with van der Waals surface area (Å²) in [6, 6.07) is 3.73. The van der Waals surface area contributed by atoms with Crippen LogP contribution in [0.5, 0.6) is 0 Å². The van der Waals surface area contributed by atoms with Crippen molar-refractivity contribution in [2.45, 2.75) is 6.41 Å². The van der Waals surface area contributed by atoms with Crippen molar-refractivity contribution in [3.8, 4) is 0 Å². The quantitative estimate of drug-likeness (QED) is 0.622. The second-order valence-corrected chi connectivity index (χ2v) is 3.00. The van der Waals surface area contributed by atoms with Crippen molar-refractivity contribution in [3.63, 3.8) is 0 Å². The van der Waals surface area contributed by atoms with Gasteiger partial charge in [0.2, 0.25) is 0 Å². The second-order valence-electron chi connectivity index (χ2n) is 3.00. The van der Waals surface area contributed by atoms with E-state index in [0.717, 1.165) is 6.07 Å². The number of carbonyl (C=O) groups excluding carboxylic acids is 1. The Bertz CT molecular complexity index is 394. The van der Waals surface area contributed by atoms with Gasteiger partial charge in [-0.05, 0) is 18.2 Å². The zero-order chi connectivity index (χ0) is 10.3. The molecule has 1 heterocycles. The molecule has 0 aromatic heterocycles. The van der Waals surface area contributed by atoms with Crippen LogP contribution in [0.15, 0.2) is 18.2 Å². The number of hydrogen-bond acceptors (Lipinski definition) is 4. The number of rotatable bonds is 0. The molecule has 0 saturated heterocycles. The Hall–Kier alpha value is -1.62. The summed E-state index contributed by atoms with van der Waals surface area (Å²) in [6.07, 6.45) is -1.31. The van der Waals surface area contributed by atoms with Gasteiger partial charge >= 0.3 is 5.97 Å². The van der Waals surface area contributed by atoms with Crippen LogP contribution < -0.4 is 4.90 Å². The molecule has 1 aliphatic rings. The molecule has 5 heteroatoms.